The molecule has 194 valence electrons. The van der Waals surface area contributed by atoms with Crippen LogP contribution in [0.5, 0.6) is 17.2 Å². The van der Waals surface area contributed by atoms with Crippen LogP contribution in [-0.4, -0.2) is 27.0 Å². The van der Waals surface area contributed by atoms with E-state index in [1.54, 1.807) is 0 Å². The number of aromatic hydroxyl groups is 1. The van der Waals surface area contributed by atoms with Gasteiger partial charge in [-0.15, -0.1) is 0 Å². The van der Waals surface area contributed by atoms with Crippen molar-refractivity contribution in [1.29, 1.82) is 0 Å². The molecule has 0 aromatic heterocycles. The molecule has 0 saturated carbocycles. The van der Waals surface area contributed by atoms with Gasteiger partial charge in [-0.05, 0) is 72.4 Å². The summed E-state index contributed by atoms with van der Waals surface area (Å²) in [4.78, 5) is 36.9. The van der Waals surface area contributed by atoms with E-state index in [-0.39, 0.29) is 22.0 Å². The molecule has 14 heteroatoms. The first-order valence-electron chi connectivity index (χ1n) is 10.4. The van der Waals surface area contributed by atoms with Gasteiger partial charge in [0.1, 0.15) is 5.57 Å². The van der Waals surface area contributed by atoms with E-state index in [0.717, 1.165) is 23.1 Å². The van der Waals surface area contributed by atoms with Crippen molar-refractivity contribution in [3.8, 4) is 17.2 Å². The van der Waals surface area contributed by atoms with E-state index in [1.165, 1.54) is 36.4 Å². The first-order valence-corrected chi connectivity index (χ1v) is 11.2. The number of phenols is 1. The van der Waals surface area contributed by atoms with Gasteiger partial charge in [-0.3, -0.25) is 29.9 Å². The minimum atomic E-state index is -4.81. The summed E-state index contributed by atoms with van der Waals surface area (Å²) in [5, 5.41) is 24.3. The average Bonchev–Trinajstić information content (AvgIpc) is 2.84. The predicted octanol–water partition coefficient (Wildman–Crippen LogP) is 5.60. The Hall–Kier alpha value is -4.49. The number of halogens is 4. The minimum Gasteiger partial charge on any atom is -0.504 e. The number of nitrogens with zero attached hydrogens (tertiary/aromatic N) is 2. The lowest BCUT2D eigenvalue weighted by atomic mass is 10.1. The number of carbonyl (C=O) groups excluding carboxylic acids is 2. The molecule has 0 unspecified atom stereocenters. The molecule has 1 heterocycles. The van der Waals surface area contributed by atoms with Crippen molar-refractivity contribution in [3.05, 3.63) is 92.5 Å². The van der Waals surface area contributed by atoms with Crippen LogP contribution < -0.4 is 15.0 Å². The Kier molecular flexibility index (Phi) is 7.07. The Morgan fingerprint density at radius 1 is 1.05 bits per heavy atom. The van der Waals surface area contributed by atoms with Gasteiger partial charge in [0, 0.05) is 11.1 Å². The van der Waals surface area contributed by atoms with Crippen LogP contribution in [0, 0.1) is 10.1 Å². The second kappa shape index (κ2) is 10.1. The highest BCUT2D eigenvalue weighted by molar-refractivity contribution is 7.80. The average molecular weight is 564 g/mol. The van der Waals surface area contributed by atoms with Gasteiger partial charge in [0.15, 0.2) is 16.6 Å². The number of nitro groups is 1. The summed E-state index contributed by atoms with van der Waals surface area (Å²) in [6, 6.07) is 11.4. The molecule has 0 bridgehead atoms. The molecule has 1 aliphatic rings. The van der Waals surface area contributed by atoms with Crippen LogP contribution in [-0.2, 0) is 15.8 Å². The molecule has 2 N–H and O–H groups in total. The van der Waals surface area contributed by atoms with Crippen molar-refractivity contribution in [2.45, 2.75) is 6.18 Å². The molecule has 1 saturated heterocycles. The summed E-state index contributed by atoms with van der Waals surface area (Å²) in [6.45, 7) is 0. The molecule has 3 aromatic carbocycles. The van der Waals surface area contributed by atoms with E-state index in [1.807, 2.05) is 0 Å². The summed E-state index contributed by atoms with van der Waals surface area (Å²) in [6.07, 6.45) is -3.64. The maximum atomic E-state index is 13.1. The standard InChI is InChI=1S/C24H13ClF3N3O6S/c25-14-3-5-15(6-4-14)30-22(34)16(21(33)29-23(30)38)9-12-1-7-20(18(32)10-12)37-19-8-2-13(24(26,27)28)11-17(19)31(35)36/h1-11,32H,(H,29,33,38). The van der Waals surface area contributed by atoms with E-state index in [4.69, 9.17) is 28.6 Å². The van der Waals surface area contributed by atoms with Gasteiger partial charge in [0.05, 0.1) is 16.2 Å². The zero-order valence-electron chi connectivity index (χ0n) is 18.7. The van der Waals surface area contributed by atoms with Gasteiger partial charge in [-0.25, -0.2) is 0 Å². The van der Waals surface area contributed by atoms with Gasteiger partial charge in [-0.1, -0.05) is 17.7 Å². The van der Waals surface area contributed by atoms with E-state index in [9.17, 15) is 38.0 Å². The number of anilines is 1. The number of phenolic OH excluding ortho intramolecular Hbond substituents is 1. The second-order valence-electron chi connectivity index (χ2n) is 7.70. The third-order valence-corrected chi connectivity index (χ3v) is 5.72. The number of nitro benzene ring substituents is 1. The summed E-state index contributed by atoms with van der Waals surface area (Å²) in [5.41, 5.74) is -2.02. The number of amides is 2. The normalized spacial score (nSPS) is 15.0. The third kappa shape index (κ3) is 5.43. The second-order valence-corrected chi connectivity index (χ2v) is 8.52. The molecule has 0 atom stereocenters. The number of nitrogens with one attached hydrogen (secondary N) is 1. The van der Waals surface area contributed by atoms with Gasteiger partial charge < -0.3 is 9.84 Å². The molecule has 9 nitrogen and oxygen atoms in total. The van der Waals surface area contributed by atoms with Gasteiger partial charge in [0.2, 0.25) is 5.75 Å². The highest BCUT2D eigenvalue weighted by Gasteiger charge is 2.35. The molecule has 1 fully saturated rings. The van der Waals surface area contributed by atoms with Crippen molar-refractivity contribution < 1.29 is 37.5 Å². The monoisotopic (exact) mass is 563 g/mol. The van der Waals surface area contributed by atoms with Crippen molar-refractivity contribution in [2.24, 2.45) is 0 Å². The predicted molar refractivity (Wildman–Crippen MR) is 134 cm³/mol. The summed E-state index contributed by atoms with van der Waals surface area (Å²) in [7, 11) is 0. The minimum absolute atomic E-state index is 0.149. The smallest absolute Gasteiger partial charge is 0.416 e. The zero-order valence-corrected chi connectivity index (χ0v) is 20.2. The van der Waals surface area contributed by atoms with Crippen LogP contribution in [0.1, 0.15) is 11.1 Å². The SMILES string of the molecule is O=C1NC(=S)N(c2ccc(Cl)cc2)C(=O)C1=Cc1ccc(Oc2ccc(C(F)(F)F)cc2[N+](=O)[O-])c(O)c1. The van der Waals surface area contributed by atoms with Crippen molar-refractivity contribution in [3.63, 3.8) is 0 Å². The molecule has 0 radical (unpaired) electrons. The quantitative estimate of drug-likeness (QED) is 0.136. The topological polar surface area (TPSA) is 122 Å². The molecule has 3 aromatic rings. The summed E-state index contributed by atoms with van der Waals surface area (Å²) >= 11 is 11.0. The summed E-state index contributed by atoms with van der Waals surface area (Å²) < 4.78 is 44.1. The number of hydrogen-bond donors (Lipinski definition) is 2. The largest absolute Gasteiger partial charge is 0.504 e. The van der Waals surface area contributed by atoms with Crippen molar-refractivity contribution in [2.75, 3.05) is 4.90 Å². The lowest BCUT2D eigenvalue weighted by molar-refractivity contribution is -0.385. The maximum absolute atomic E-state index is 13.1. The van der Waals surface area contributed by atoms with Crippen LogP contribution in [0.4, 0.5) is 24.5 Å². The number of alkyl halides is 3. The third-order valence-electron chi connectivity index (χ3n) is 5.18. The van der Waals surface area contributed by atoms with Gasteiger partial charge in [0.25, 0.3) is 11.8 Å². The first-order chi connectivity index (χ1) is 17.8. The lowest BCUT2D eigenvalue weighted by Crippen LogP contribution is -2.54. The number of thiocarbonyl (C=S) groups is 1. The molecule has 38 heavy (non-hydrogen) atoms. The van der Waals surface area contributed by atoms with Gasteiger partial charge in [-0.2, -0.15) is 13.2 Å². The number of carbonyl (C=O) groups is 2. The van der Waals surface area contributed by atoms with Gasteiger partial charge >= 0.3 is 11.9 Å². The molecule has 2 amide bonds. The maximum Gasteiger partial charge on any atom is 0.416 e. The Morgan fingerprint density at radius 3 is 2.32 bits per heavy atom. The number of ether oxygens (including phenoxy) is 1. The molecular formula is C24H13ClF3N3O6S. The number of benzene rings is 3. The van der Waals surface area contributed by atoms with Crippen molar-refractivity contribution >= 4 is 58.2 Å². The highest BCUT2D eigenvalue weighted by Crippen LogP contribution is 2.40. The Morgan fingerprint density at radius 2 is 1.71 bits per heavy atom. The van der Waals surface area contributed by atoms with Crippen LogP contribution in [0.3, 0.4) is 0 Å². The van der Waals surface area contributed by atoms with E-state index < -0.39 is 45.7 Å². The van der Waals surface area contributed by atoms with E-state index in [2.05, 4.69) is 5.32 Å². The van der Waals surface area contributed by atoms with Crippen LogP contribution in [0.25, 0.3) is 6.08 Å². The summed E-state index contributed by atoms with van der Waals surface area (Å²) in [5.74, 6) is -2.97. The lowest BCUT2D eigenvalue weighted by Gasteiger charge is -2.29. The fourth-order valence-corrected chi connectivity index (χ4v) is 3.81. The fraction of sp³-hybridized carbons (Fsp3) is 0.0417. The molecular weight excluding hydrogens is 551 g/mol. The Balaban J connectivity index is 1.63. The Bertz CT molecular complexity index is 1530. The van der Waals surface area contributed by atoms with Crippen LogP contribution in [0.15, 0.2) is 66.2 Å². The van der Waals surface area contributed by atoms with Crippen molar-refractivity contribution in [1.82, 2.24) is 5.32 Å². The number of rotatable bonds is 5. The Labute approximate surface area is 221 Å². The number of hydrogen-bond acceptors (Lipinski definition) is 7. The van der Waals surface area contributed by atoms with E-state index in [0.29, 0.717) is 22.8 Å². The van der Waals surface area contributed by atoms with Crippen LogP contribution in [0.2, 0.25) is 5.02 Å². The first kappa shape index (κ1) is 26.6. The highest BCUT2D eigenvalue weighted by atomic mass is 35.5. The fourth-order valence-electron chi connectivity index (χ4n) is 3.40. The van der Waals surface area contributed by atoms with Crippen LogP contribution >= 0.6 is 23.8 Å². The molecule has 0 spiro atoms. The molecule has 1 aliphatic heterocycles. The van der Waals surface area contributed by atoms with E-state index >= 15 is 0 Å². The molecule has 0 aliphatic carbocycles. The molecule has 4 rings (SSSR count). The zero-order chi connectivity index (χ0) is 27.8.